The number of fused-ring (bicyclic) bond motifs is 1. The molecule has 6 nitrogen and oxygen atoms in total. The van der Waals surface area contributed by atoms with Crippen molar-refractivity contribution in [1.82, 2.24) is 10.3 Å². The van der Waals surface area contributed by atoms with Gasteiger partial charge in [-0.3, -0.25) is 4.79 Å². The van der Waals surface area contributed by atoms with Gasteiger partial charge in [0.15, 0.2) is 0 Å². The van der Waals surface area contributed by atoms with Crippen LogP contribution in [-0.2, 0) is 4.79 Å². The number of para-hydroxylation sites is 1. The van der Waals surface area contributed by atoms with Gasteiger partial charge in [-0.05, 0) is 17.7 Å². The monoisotopic (exact) mass is 422 g/mol. The maximum atomic E-state index is 13.0. The van der Waals surface area contributed by atoms with Gasteiger partial charge in [0.25, 0.3) is 0 Å². The van der Waals surface area contributed by atoms with E-state index in [-0.39, 0.29) is 11.8 Å². The van der Waals surface area contributed by atoms with E-state index in [0.29, 0.717) is 13.0 Å². The molecule has 1 amide bonds. The highest BCUT2D eigenvalue weighted by molar-refractivity contribution is 5.86. The molecule has 164 valence electrons. The summed E-state index contributed by atoms with van der Waals surface area (Å²) >= 11 is 0. The third kappa shape index (κ3) is 4.85. The third-order valence-electron chi connectivity index (χ3n) is 6.31. The summed E-state index contributed by atoms with van der Waals surface area (Å²) in [4.78, 5) is 17.9. The normalized spacial score (nSPS) is 15.2. The molecular weight excluding hydrogens is 390 g/mol. The Morgan fingerprint density at radius 3 is 2.68 bits per heavy atom. The number of carbonyl (C=O) groups excluding carboxylic acids is 1. The van der Waals surface area contributed by atoms with Gasteiger partial charge in [0, 0.05) is 53.9 Å². The summed E-state index contributed by atoms with van der Waals surface area (Å²) in [5.74, 6) is 1.39. The first-order valence-corrected chi connectivity index (χ1v) is 11.1. The number of benzene rings is 2. The number of methoxy groups -OCH3 is 2. The topological polar surface area (TPSA) is 67.8 Å². The van der Waals surface area contributed by atoms with E-state index < -0.39 is 0 Å². The van der Waals surface area contributed by atoms with Crippen LogP contribution >= 0.6 is 0 Å². The molecule has 0 aliphatic carbocycles. The van der Waals surface area contributed by atoms with Crippen molar-refractivity contribution in [2.75, 3.05) is 40.4 Å². The standard InChI is InChI=1S/C25H31N3O3/c1-30-18-9-10-20(24(15-18)31-2)21(22-17-27-23-8-4-3-7-19(22)23)16-25(29)26-11-14-28-12-5-6-13-28/h3-4,7-10,15,17,21,27H,5-6,11-14,16H2,1-2H3,(H,26,29)/p+1/t21-/m0/s1. The zero-order chi connectivity index (χ0) is 21.6. The molecule has 2 aromatic carbocycles. The molecule has 0 radical (unpaired) electrons. The summed E-state index contributed by atoms with van der Waals surface area (Å²) in [5, 5.41) is 4.27. The van der Waals surface area contributed by atoms with Crippen molar-refractivity contribution < 1.29 is 19.2 Å². The van der Waals surface area contributed by atoms with E-state index in [1.54, 1.807) is 19.1 Å². The number of aromatic nitrogens is 1. The summed E-state index contributed by atoms with van der Waals surface area (Å²) in [6.45, 7) is 4.15. The quantitative estimate of drug-likeness (QED) is 0.496. The van der Waals surface area contributed by atoms with Crippen LogP contribution < -0.4 is 19.7 Å². The lowest BCUT2D eigenvalue weighted by atomic mass is 9.87. The van der Waals surface area contributed by atoms with Gasteiger partial charge >= 0.3 is 0 Å². The minimum absolute atomic E-state index is 0.0618. The van der Waals surface area contributed by atoms with Gasteiger partial charge in [0.05, 0.1) is 40.4 Å². The van der Waals surface area contributed by atoms with Gasteiger partial charge in [-0.15, -0.1) is 0 Å². The molecule has 1 aromatic heterocycles. The number of H-pyrrole nitrogens is 1. The third-order valence-corrected chi connectivity index (χ3v) is 6.31. The molecule has 1 atom stereocenters. The SMILES string of the molecule is COc1ccc([C@H](CC(=O)NCC[NH+]2CCCC2)c2c[nH]c3ccccc23)c(OC)c1. The molecule has 1 aliphatic heterocycles. The van der Waals surface area contributed by atoms with E-state index in [2.05, 4.69) is 22.4 Å². The number of hydrogen-bond acceptors (Lipinski definition) is 3. The van der Waals surface area contributed by atoms with Crippen LogP contribution in [0.2, 0.25) is 0 Å². The van der Waals surface area contributed by atoms with Crippen molar-refractivity contribution in [3.8, 4) is 11.5 Å². The largest absolute Gasteiger partial charge is 0.497 e. The van der Waals surface area contributed by atoms with Crippen molar-refractivity contribution in [3.63, 3.8) is 0 Å². The highest BCUT2D eigenvalue weighted by Crippen LogP contribution is 2.39. The van der Waals surface area contributed by atoms with Gasteiger partial charge in [0.2, 0.25) is 5.91 Å². The predicted molar refractivity (Wildman–Crippen MR) is 122 cm³/mol. The van der Waals surface area contributed by atoms with Crippen LogP contribution in [0.25, 0.3) is 10.9 Å². The second-order valence-electron chi connectivity index (χ2n) is 8.21. The van der Waals surface area contributed by atoms with Gasteiger partial charge < -0.3 is 24.7 Å². The fourth-order valence-electron chi connectivity index (χ4n) is 4.64. The van der Waals surface area contributed by atoms with E-state index in [9.17, 15) is 4.79 Å². The van der Waals surface area contributed by atoms with Crippen LogP contribution in [-0.4, -0.2) is 51.3 Å². The number of carbonyl (C=O) groups is 1. The van der Waals surface area contributed by atoms with Crippen molar-refractivity contribution in [2.45, 2.75) is 25.2 Å². The number of aromatic amines is 1. The summed E-state index contributed by atoms with van der Waals surface area (Å²) in [7, 11) is 3.30. The first kappa shape index (κ1) is 21.2. The molecule has 2 heterocycles. The number of quaternary nitrogens is 1. The zero-order valence-electron chi connectivity index (χ0n) is 18.4. The Morgan fingerprint density at radius 1 is 1.10 bits per heavy atom. The van der Waals surface area contributed by atoms with Gasteiger partial charge in [-0.1, -0.05) is 24.3 Å². The van der Waals surface area contributed by atoms with Gasteiger partial charge in [0.1, 0.15) is 11.5 Å². The van der Waals surface area contributed by atoms with E-state index in [1.807, 2.05) is 36.5 Å². The lowest BCUT2D eigenvalue weighted by Gasteiger charge is -2.21. The maximum absolute atomic E-state index is 13.0. The molecule has 0 spiro atoms. The summed E-state index contributed by atoms with van der Waals surface area (Å²) in [5.41, 5.74) is 3.14. The number of rotatable bonds is 9. The van der Waals surface area contributed by atoms with E-state index in [0.717, 1.165) is 40.1 Å². The Hall–Kier alpha value is -2.99. The lowest BCUT2D eigenvalue weighted by molar-refractivity contribution is -0.886. The zero-order valence-corrected chi connectivity index (χ0v) is 18.4. The molecule has 1 aliphatic rings. The van der Waals surface area contributed by atoms with Gasteiger partial charge in [-0.25, -0.2) is 0 Å². The van der Waals surface area contributed by atoms with E-state index >= 15 is 0 Å². The Balaban J connectivity index is 1.59. The molecule has 31 heavy (non-hydrogen) atoms. The van der Waals surface area contributed by atoms with Crippen LogP contribution in [0.3, 0.4) is 0 Å². The van der Waals surface area contributed by atoms with Crippen LogP contribution in [0.15, 0.2) is 48.7 Å². The number of hydrogen-bond donors (Lipinski definition) is 3. The summed E-state index contributed by atoms with van der Waals surface area (Å²) < 4.78 is 11.1. The van der Waals surface area contributed by atoms with E-state index in [1.165, 1.54) is 25.9 Å². The van der Waals surface area contributed by atoms with Crippen molar-refractivity contribution in [1.29, 1.82) is 0 Å². The Morgan fingerprint density at radius 2 is 1.90 bits per heavy atom. The van der Waals surface area contributed by atoms with Crippen molar-refractivity contribution in [2.24, 2.45) is 0 Å². The summed E-state index contributed by atoms with van der Waals surface area (Å²) in [6, 6.07) is 14.0. The molecule has 0 saturated carbocycles. The fourth-order valence-corrected chi connectivity index (χ4v) is 4.64. The molecule has 6 heteroatoms. The van der Waals surface area contributed by atoms with E-state index in [4.69, 9.17) is 9.47 Å². The van der Waals surface area contributed by atoms with Gasteiger partial charge in [-0.2, -0.15) is 0 Å². The minimum Gasteiger partial charge on any atom is -0.497 e. The van der Waals surface area contributed by atoms with Crippen LogP contribution in [0, 0.1) is 0 Å². The first-order valence-electron chi connectivity index (χ1n) is 11.1. The summed E-state index contributed by atoms with van der Waals surface area (Å²) in [6.07, 6.45) is 4.97. The predicted octanol–water partition coefficient (Wildman–Crippen LogP) is 2.50. The number of ether oxygens (including phenoxy) is 2. The van der Waals surface area contributed by atoms with Crippen LogP contribution in [0.5, 0.6) is 11.5 Å². The number of likely N-dealkylation sites (tertiary alicyclic amines) is 1. The molecule has 0 bridgehead atoms. The average molecular weight is 423 g/mol. The highest BCUT2D eigenvalue weighted by atomic mass is 16.5. The van der Waals surface area contributed by atoms with Crippen molar-refractivity contribution >= 4 is 16.8 Å². The smallest absolute Gasteiger partial charge is 0.221 e. The number of amides is 1. The Labute approximate surface area is 183 Å². The second-order valence-corrected chi connectivity index (χ2v) is 8.21. The Kier molecular flexibility index (Phi) is 6.77. The molecule has 4 rings (SSSR count). The molecular formula is C25H32N3O3+. The second kappa shape index (κ2) is 9.88. The number of nitrogens with one attached hydrogen (secondary N) is 3. The molecule has 1 saturated heterocycles. The minimum atomic E-state index is -0.129. The van der Waals surface area contributed by atoms with Crippen molar-refractivity contribution in [3.05, 3.63) is 59.8 Å². The molecule has 3 N–H and O–H groups in total. The fraction of sp³-hybridized carbons (Fsp3) is 0.400. The van der Waals surface area contributed by atoms with Crippen LogP contribution in [0.4, 0.5) is 0 Å². The highest BCUT2D eigenvalue weighted by Gasteiger charge is 2.25. The Bertz CT molecular complexity index is 1020. The molecule has 0 unspecified atom stereocenters. The molecule has 3 aromatic rings. The molecule has 1 fully saturated rings. The lowest BCUT2D eigenvalue weighted by Crippen LogP contribution is -3.10. The first-order chi connectivity index (χ1) is 15.2. The maximum Gasteiger partial charge on any atom is 0.221 e. The average Bonchev–Trinajstić information content (AvgIpc) is 3.47. The van der Waals surface area contributed by atoms with Crippen LogP contribution in [0.1, 0.15) is 36.3 Å².